The first kappa shape index (κ1) is 15.0. The van der Waals surface area contributed by atoms with Gasteiger partial charge in [-0.1, -0.05) is 6.92 Å². The Bertz CT molecular complexity index is 734. The number of cyclic esters (lactones) is 1. The van der Waals surface area contributed by atoms with Gasteiger partial charge >= 0.3 is 5.97 Å². The third kappa shape index (κ3) is 2.18. The minimum absolute atomic E-state index is 0.0549. The van der Waals surface area contributed by atoms with Crippen molar-refractivity contribution in [3.05, 3.63) is 45.3 Å². The fraction of sp³-hybridized carbons (Fsp3) is 0.312. The van der Waals surface area contributed by atoms with Gasteiger partial charge in [-0.2, -0.15) is 0 Å². The van der Waals surface area contributed by atoms with E-state index in [0.717, 1.165) is 22.1 Å². The van der Waals surface area contributed by atoms with E-state index < -0.39 is 11.7 Å². The Hall–Kier alpha value is -1.95. The molecule has 0 saturated carbocycles. The summed E-state index contributed by atoms with van der Waals surface area (Å²) in [6, 6.07) is 3.95. The van der Waals surface area contributed by atoms with Crippen molar-refractivity contribution in [1.82, 2.24) is 0 Å². The number of carbonyl (C=O) groups is 1. The van der Waals surface area contributed by atoms with Crippen LogP contribution >= 0.6 is 15.9 Å². The number of hydrogen-bond acceptors (Lipinski definition) is 5. The molecule has 0 saturated heterocycles. The Balaban J connectivity index is 2.16. The van der Waals surface area contributed by atoms with Crippen molar-refractivity contribution in [3.63, 3.8) is 0 Å². The SMILES string of the molecule is CCc1cc(Br)c2c(c1)N[C@@]1(C=C(C)OC(=O)C1=C(C)O)O2. The Labute approximate surface area is 136 Å². The average Bonchev–Trinajstić information content (AvgIpc) is 2.75. The average molecular weight is 366 g/mol. The summed E-state index contributed by atoms with van der Waals surface area (Å²) in [4.78, 5) is 12.2. The number of anilines is 1. The van der Waals surface area contributed by atoms with Crippen molar-refractivity contribution in [2.24, 2.45) is 0 Å². The molecule has 1 aromatic carbocycles. The van der Waals surface area contributed by atoms with Gasteiger partial charge in [0, 0.05) is 6.08 Å². The zero-order valence-electron chi connectivity index (χ0n) is 12.5. The number of carbonyl (C=O) groups excluding carboxylic acids is 1. The fourth-order valence-corrected chi connectivity index (χ4v) is 3.36. The monoisotopic (exact) mass is 365 g/mol. The van der Waals surface area contributed by atoms with Crippen molar-refractivity contribution < 1.29 is 19.4 Å². The molecule has 2 aliphatic rings. The Morgan fingerprint density at radius 3 is 2.82 bits per heavy atom. The van der Waals surface area contributed by atoms with Gasteiger partial charge in [0.2, 0.25) is 5.72 Å². The number of nitrogens with one attached hydrogen (secondary N) is 1. The molecule has 1 atom stereocenters. The number of fused-ring (bicyclic) bond motifs is 1. The van der Waals surface area contributed by atoms with Gasteiger partial charge in [0.05, 0.1) is 10.2 Å². The zero-order valence-corrected chi connectivity index (χ0v) is 14.1. The Morgan fingerprint density at radius 1 is 1.45 bits per heavy atom. The third-order valence-electron chi connectivity index (χ3n) is 3.69. The maximum absolute atomic E-state index is 12.2. The molecule has 116 valence electrons. The molecule has 0 amide bonds. The number of aliphatic hydroxyl groups is 1. The molecule has 2 heterocycles. The molecule has 5 nitrogen and oxygen atoms in total. The van der Waals surface area contributed by atoms with E-state index in [1.165, 1.54) is 6.92 Å². The van der Waals surface area contributed by atoms with Gasteiger partial charge in [0.25, 0.3) is 0 Å². The standard InChI is InChI=1S/C16H16BrNO4/c1-4-10-5-11(17)14-12(6-10)18-16(22-14)7-8(2)21-15(20)13(16)9(3)19/h5-7,18-19H,4H2,1-3H3/t16-/m0/s1. The molecule has 22 heavy (non-hydrogen) atoms. The molecular weight excluding hydrogens is 350 g/mol. The lowest BCUT2D eigenvalue weighted by Crippen LogP contribution is -2.47. The summed E-state index contributed by atoms with van der Waals surface area (Å²) in [6.45, 7) is 5.17. The summed E-state index contributed by atoms with van der Waals surface area (Å²) in [5.41, 5.74) is 0.710. The predicted octanol–water partition coefficient (Wildman–Crippen LogP) is 3.80. The summed E-state index contributed by atoms with van der Waals surface area (Å²) in [6.07, 6.45) is 2.53. The molecule has 0 radical (unpaired) electrons. The maximum Gasteiger partial charge on any atom is 0.349 e. The molecule has 6 heteroatoms. The second-order valence-corrected chi connectivity index (χ2v) is 6.23. The minimum atomic E-state index is -1.24. The van der Waals surface area contributed by atoms with Gasteiger partial charge in [0.15, 0.2) is 5.75 Å². The Morgan fingerprint density at radius 2 is 2.18 bits per heavy atom. The van der Waals surface area contributed by atoms with E-state index in [1.54, 1.807) is 13.0 Å². The second kappa shape index (κ2) is 5.05. The number of ether oxygens (including phenoxy) is 2. The number of rotatable bonds is 1. The van der Waals surface area contributed by atoms with Crippen molar-refractivity contribution >= 4 is 27.6 Å². The molecule has 0 fully saturated rings. The first-order valence-corrected chi connectivity index (χ1v) is 7.77. The predicted molar refractivity (Wildman–Crippen MR) is 85.7 cm³/mol. The fourth-order valence-electron chi connectivity index (χ4n) is 2.77. The van der Waals surface area contributed by atoms with Crippen LogP contribution in [0.15, 0.2) is 39.8 Å². The van der Waals surface area contributed by atoms with E-state index in [4.69, 9.17) is 9.47 Å². The molecule has 2 aliphatic heterocycles. The van der Waals surface area contributed by atoms with Crippen LogP contribution in [0.1, 0.15) is 26.3 Å². The van der Waals surface area contributed by atoms with Crippen LogP contribution in [0.3, 0.4) is 0 Å². The lowest BCUT2D eigenvalue weighted by molar-refractivity contribution is -0.138. The summed E-state index contributed by atoms with van der Waals surface area (Å²) in [5.74, 6) is 0.268. The van der Waals surface area contributed by atoms with Crippen LogP contribution < -0.4 is 10.1 Å². The Kier molecular flexibility index (Phi) is 3.44. The van der Waals surface area contributed by atoms with Crippen molar-refractivity contribution in [2.75, 3.05) is 5.32 Å². The number of hydrogen-bond donors (Lipinski definition) is 2. The van der Waals surface area contributed by atoms with Crippen LogP contribution in [0.5, 0.6) is 5.75 Å². The van der Waals surface area contributed by atoms with Gasteiger partial charge in [-0.25, -0.2) is 4.79 Å². The molecule has 0 aliphatic carbocycles. The van der Waals surface area contributed by atoms with Gasteiger partial charge in [-0.05, 0) is 53.9 Å². The van der Waals surface area contributed by atoms with Crippen LogP contribution in [0.2, 0.25) is 0 Å². The molecule has 1 spiro atoms. The highest BCUT2D eigenvalue weighted by atomic mass is 79.9. The van der Waals surface area contributed by atoms with Crippen LogP contribution in [-0.2, 0) is 16.0 Å². The normalized spacial score (nSPS) is 25.1. The number of allylic oxidation sites excluding steroid dienone is 2. The summed E-state index contributed by atoms with van der Waals surface area (Å²) < 4.78 is 11.9. The molecule has 0 bridgehead atoms. The molecule has 3 rings (SSSR count). The van der Waals surface area contributed by atoms with Gasteiger partial charge in [0.1, 0.15) is 17.1 Å². The number of benzene rings is 1. The lowest BCUT2D eigenvalue weighted by atomic mass is 9.98. The minimum Gasteiger partial charge on any atom is -0.512 e. The third-order valence-corrected chi connectivity index (χ3v) is 4.28. The van der Waals surface area contributed by atoms with E-state index in [-0.39, 0.29) is 11.3 Å². The van der Waals surface area contributed by atoms with Crippen molar-refractivity contribution in [2.45, 2.75) is 32.9 Å². The lowest BCUT2D eigenvalue weighted by Gasteiger charge is -2.31. The van der Waals surface area contributed by atoms with E-state index >= 15 is 0 Å². The highest BCUT2D eigenvalue weighted by Crippen LogP contribution is 2.48. The van der Waals surface area contributed by atoms with Crippen molar-refractivity contribution in [1.29, 1.82) is 0 Å². The van der Waals surface area contributed by atoms with Crippen molar-refractivity contribution in [3.8, 4) is 5.75 Å². The molecule has 0 unspecified atom stereocenters. The quantitative estimate of drug-likeness (QED) is 0.450. The number of aryl methyl sites for hydroxylation is 1. The molecule has 0 aromatic heterocycles. The van der Waals surface area contributed by atoms with Crippen LogP contribution in [-0.4, -0.2) is 16.8 Å². The number of halogens is 1. The maximum atomic E-state index is 12.2. The van der Waals surface area contributed by atoms with E-state index in [9.17, 15) is 9.90 Å². The van der Waals surface area contributed by atoms with Gasteiger partial charge in [-0.3, -0.25) is 0 Å². The van der Waals surface area contributed by atoms with Crippen LogP contribution in [0.4, 0.5) is 5.69 Å². The largest absolute Gasteiger partial charge is 0.512 e. The first-order valence-electron chi connectivity index (χ1n) is 6.98. The van der Waals surface area contributed by atoms with Gasteiger partial charge in [-0.15, -0.1) is 0 Å². The van der Waals surface area contributed by atoms with Gasteiger partial charge < -0.3 is 19.9 Å². The summed E-state index contributed by atoms with van der Waals surface area (Å²) in [5, 5.41) is 13.1. The van der Waals surface area contributed by atoms with Crippen LogP contribution in [0, 0.1) is 0 Å². The molecule has 1 aromatic rings. The van der Waals surface area contributed by atoms with E-state index in [2.05, 4.69) is 28.2 Å². The topological polar surface area (TPSA) is 67.8 Å². The van der Waals surface area contributed by atoms with Crippen LogP contribution in [0.25, 0.3) is 0 Å². The highest BCUT2D eigenvalue weighted by Gasteiger charge is 2.49. The smallest absolute Gasteiger partial charge is 0.349 e. The summed E-state index contributed by atoms with van der Waals surface area (Å²) >= 11 is 3.50. The molecule has 2 N–H and O–H groups in total. The zero-order chi connectivity index (χ0) is 16.1. The summed E-state index contributed by atoms with van der Waals surface area (Å²) in [7, 11) is 0. The molecular formula is C16H16BrNO4. The highest BCUT2D eigenvalue weighted by molar-refractivity contribution is 9.10. The van der Waals surface area contributed by atoms with E-state index in [0.29, 0.717) is 11.5 Å². The van der Waals surface area contributed by atoms with E-state index in [1.807, 2.05) is 12.1 Å². The first-order chi connectivity index (χ1) is 10.4. The number of esters is 1. The second-order valence-electron chi connectivity index (χ2n) is 5.38. The number of aliphatic hydroxyl groups excluding tert-OH is 1.